The number of Topliss-reactive ketones (excluding diaryl/α,β-unsaturated/α-hetero) is 1. The van der Waals surface area contributed by atoms with Gasteiger partial charge in [0.05, 0.1) is 9.26 Å². The van der Waals surface area contributed by atoms with Crippen molar-refractivity contribution in [3.63, 3.8) is 0 Å². The highest BCUT2D eigenvalue weighted by atomic mass is 127. The van der Waals surface area contributed by atoms with E-state index in [4.69, 9.17) is 0 Å². The van der Waals surface area contributed by atoms with Crippen molar-refractivity contribution in [2.24, 2.45) is 0 Å². The number of amides is 1. The van der Waals surface area contributed by atoms with Crippen molar-refractivity contribution in [1.29, 1.82) is 0 Å². The topological polar surface area (TPSA) is 64.0 Å². The maximum atomic E-state index is 11.9. The standard InChI is InChI=1S/C15H16IN3O2/c1-10-14(16)9-19(18-10)8-7-15(21)17-13-5-3-12(4-6-13)11(2)20/h3-6,9H,7-8H2,1-2H3,(H,17,21). The summed E-state index contributed by atoms with van der Waals surface area (Å²) in [6.07, 6.45) is 2.27. The maximum absolute atomic E-state index is 11.9. The third-order valence-electron chi connectivity index (χ3n) is 3.03. The summed E-state index contributed by atoms with van der Waals surface area (Å²) in [6, 6.07) is 6.87. The SMILES string of the molecule is CC(=O)c1ccc(NC(=O)CCn2cc(I)c(C)n2)cc1. The third-order valence-corrected chi connectivity index (χ3v) is 4.09. The van der Waals surface area contributed by atoms with E-state index in [0.717, 1.165) is 9.26 Å². The molecule has 5 nitrogen and oxygen atoms in total. The van der Waals surface area contributed by atoms with Gasteiger partial charge in [-0.05, 0) is 60.7 Å². The number of nitrogens with one attached hydrogen (secondary N) is 1. The first-order valence-electron chi connectivity index (χ1n) is 6.56. The average molecular weight is 397 g/mol. The van der Waals surface area contributed by atoms with Crippen LogP contribution in [0.3, 0.4) is 0 Å². The minimum atomic E-state index is -0.0752. The predicted molar refractivity (Wildman–Crippen MR) is 89.4 cm³/mol. The van der Waals surface area contributed by atoms with Gasteiger partial charge < -0.3 is 5.32 Å². The fourth-order valence-electron chi connectivity index (χ4n) is 1.84. The first kappa shape index (κ1) is 15.7. The van der Waals surface area contributed by atoms with Crippen molar-refractivity contribution in [3.8, 4) is 0 Å². The van der Waals surface area contributed by atoms with Gasteiger partial charge in [-0.15, -0.1) is 0 Å². The summed E-state index contributed by atoms with van der Waals surface area (Å²) in [4.78, 5) is 23.0. The van der Waals surface area contributed by atoms with Gasteiger partial charge in [-0.1, -0.05) is 0 Å². The number of aryl methyl sites for hydroxylation is 2. The molecule has 2 rings (SSSR count). The zero-order valence-electron chi connectivity index (χ0n) is 11.9. The number of hydrogen-bond donors (Lipinski definition) is 1. The van der Waals surface area contributed by atoms with Crippen molar-refractivity contribution >= 4 is 40.0 Å². The Bertz CT molecular complexity index is 643. The summed E-state index contributed by atoms with van der Waals surface area (Å²) in [5.41, 5.74) is 2.29. The highest BCUT2D eigenvalue weighted by Gasteiger charge is 2.06. The molecule has 0 fully saturated rings. The van der Waals surface area contributed by atoms with Crippen LogP contribution in [0.5, 0.6) is 0 Å². The van der Waals surface area contributed by atoms with Crippen LogP contribution in [0.1, 0.15) is 29.4 Å². The number of anilines is 1. The van der Waals surface area contributed by atoms with Crippen molar-refractivity contribution in [2.45, 2.75) is 26.8 Å². The van der Waals surface area contributed by atoms with Crippen LogP contribution in [0.4, 0.5) is 5.69 Å². The van der Waals surface area contributed by atoms with Crippen molar-refractivity contribution in [2.75, 3.05) is 5.32 Å². The van der Waals surface area contributed by atoms with E-state index in [1.54, 1.807) is 28.9 Å². The second-order valence-corrected chi connectivity index (χ2v) is 5.92. The molecule has 6 heteroatoms. The van der Waals surface area contributed by atoms with E-state index in [2.05, 4.69) is 33.0 Å². The minimum Gasteiger partial charge on any atom is -0.326 e. The van der Waals surface area contributed by atoms with E-state index in [9.17, 15) is 9.59 Å². The molecule has 0 radical (unpaired) electrons. The molecule has 1 aromatic heterocycles. The molecule has 0 spiro atoms. The fraction of sp³-hybridized carbons (Fsp3) is 0.267. The van der Waals surface area contributed by atoms with Gasteiger partial charge in [-0.2, -0.15) is 5.10 Å². The van der Waals surface area contributed by atoms with Crippen LogP contribution in [0.25, 0.3) is 0 Å². The second kappa shape index (κ2) is 6.84. The molecule has 21 heavy (non-hydrogen) atoms. The number of carbonyl (C=O) groups excluding carboxylic acids is 2. The summed E-state index contributed by atoms with van der Waals surface area (Å²) in [5.74, 6) is -0.0646. The van der Waals surface area contributed by atoms with E-state index in [-0.39, 0.29) is 11.7 Å². The van der Waals surface area contributed by atoms with Gasteiger partial charge in [-0.3, -0.25) is 14.3 Å². The van der Waals surface area contributed by atoms with Gasteiger partial charge >= 0.3 is 0 Å². The average Bonchev–Trinajstić information content (AvgIpc) is 2.76. The summed E-state index contributed by atoms with van der Waals surface area (Å²) in [6.45, 7) is 4.00. The fourth-order valence-corrected chi connectivity index (χ4v) is 2.27. The van der Waals surface area contributed by atoms with Crippen molar-refractivity contribution in [1.82, 2.24) is 9.78 Å². The van der Waals surface area contributed by atoms with Gasteiger partial charge in [0.25, 0.3) is 0 Å². The first-order chi connectivity index (χ1) is 9.95. The molecule has 0 aliphatic carbocycles. The highest BCUT2D eigenvalue weighted by Crippen LogP contribution is 2.11. The molecule has 0 saturated heterocycles. The smallest absolute Gasteiger partial charge is 0.226 e. The normalized spacial score (nSPS) is 10.4. The summed E-state index contributed by atoms with van der Waals surface area (Å²) in [7, 11) is 0. The Morgan fingerprint density at radius 1 is 1.29 bits per heavy atom. The molecule has 110 valence electrons. The van der Waals surface area contributed by atoms with Crippen LogP contribution in [0.2, 0.25) is 0 Å². The lowest BCUT2D eigenvalue weighted by molar-refractivity contribution is -0.116. The van der Waals surface area contributed by atoms with Gasteiger partial charge in [0.15, 0.2) is 5.78 Å². The Morgan fingerprint density at radius 3 is 2.48 bits per heavy atom. The predicted octanol–water partition coefficient (Wildman–Crippen LogP) is 3.03. The van der Waals surface area contributed by atoms with E-state index >= 15 is 0 Å². The number of rotatable bonds is 5. The lowest BCUT2D eigenvalue weighted by Gasteiger charge is -2.06. The lowest BCUT2D eigenvalue weighted by Crippen LogP contribution is -2.14. The van der Waals surface area contributed by atoms with Gasteiger partial charge in [0.2, 0.25) is 5.91 Å². The third kappa shape index (κ3) is 4.38. The summed E-state index contributed by atoms with van der Waals surface area (Å²) in [5, 5.41) is 7.12. The van der Waals surface area contributed by atoms with Crippen LogP contribution in [-0.2, 0) is 11.3 Å². The number of aromatic nitrogens is 2. The molecule has 0 unspecified atom stereocenters. The highest BCUT2D eigenvalue weighted by molar-refractivity contribution is 14.1. The Labute approximate surface area is 136 Å². The molecule has 0 bridgehead atoms. The molecule has 0 atom stereocenters. The number of halogens is 1. The Morgan fingerprint density at radius 2 is 1.95 bits per heavy atom. The zero-order chi connectivity index (χ0) is 15.4. The van der Waals surface area contributed by atoms with Gasteiger partial charge in [0, 0.05) is 30.4 Å². The Balaban J connectivity index is 1.88. The monoisotopic (exact) mass is 397 g/mol. The molecule has 1 N–H and O–H groups in total. The maximum Gasteiger partial charge on any atom is 0.226 e. The van der Waals surface area contributed by atoms with Crippen LogP contribution < -0.4 is 5.32 Å². The lowest BCUT2D eigenvalue weighted by atomic mass is 10.1. The van der Waals surface area contributed by atoms with E-state index in [0.29, 0.717) is 24.2 Å². The number of nitrogens with zero attached hydrogens (tertiary/aromatic N) is 2. The number of hydrogen-bond acceptors (Lipinski definition) is 3. The molecule has 1 amide bonds. The van der Waals surface area contributed by atoms with Gasteiger partial charge in [0.1, 0.15) is 0 Å². The van der Waals surface area contributed by atoms with E-state index in [1.807, 2.05) is 13.1 Å². The van der Waals surface area contributed by atoms with Crippen molar-refractivity contribution < 1.29 is 9.59 Å². The molecular formula is C15H16IN3O2. The molecular weight excluding hydrogens is 381 g/mol. The van der Waals surface area contributed by atoms with E-state index < -0.39 is 0 Å². The number of benzene rings is 1. The van der Waals surface area contributed by atoms with Crippen LogP contribution >= 0.6 is 22.6 Å². The first-order valence-corrected chi connectivity index (χ1v) is 7.64. The Kier molecular flexibility index (Phi) is 5.11. The van der Waals surface area contributed by atoms with Gasteiger partial charge in [-0.25, -0.2) is 0 Å². The van der Waals surface area contributed by atoms with Crippen LogP contribution in [0.15, 0.2) is 30.5 Å². The quantitative estimate of drug-likeness (QED) is 0.623. The molecule has 0 aliphatic heterocycles. The van der Waals surface area contributed by atoms with Crippen LogP contribution in [0, 0.1) is 10.5 Å². The van der Waals surface area contributed by atoms with Crippen LogP contribution in [-0.4, -0.2) is 21.5 Å². The molecule has 1 heterocycles. The number of carbonyl (C=O) groups is 2. The zero-order valence-corrected chi connectivity index (χ0v) is 14.0. The summed E-state index contributed by atoms with van der Waals surface area (Å²) < 4.78 is 2.86. The Hall–Kier alpha value is -1.70. The second-order valence-electron chi connectivity index (χ2n) is 4.76. The molecule has 0 aliphatic rings. The van der Waals surface area contributed by atoms with E-state index in [1.165, 1.54) is 6.92 Å². The summed E-state index contributed by atoms with van der Waals surface area (Å²) >= 11 is 2.22. The minimum absolute atomic E-state index is 0.0107. The molecule has 1 aromatic carbocycles. The largest absolute Gasteiger partial charge is 0.326 e. The molecule has 2 aromatic rings. The molecule has 0 saturated carbocycles. The van der Waals surface area contributed by atoms with Crippen molar-refractivity contribution in [3.05, 3.63) is 45.3 Å². The number of ketones is 1.